The second-order valence-corrected chi connectivity index (χ2v) is 3.58. The summed E-state index contributed by atoms with van der Waals surface area (Å²) in [6.45, 7) is 13.1. The minimum atomic E-state index is -1.51. The first-order valence-corrected chi connectivity index (χ1v) is 5.13. The van der Waals surface area contributed by atoms with E-state index in [2.05, 4.69) is 13.2 Å². The Hall–Kier alpha value is -1.32. The van der Waals surface area contributed by atoms with Crippen LogP contribution in [0.4, 0.5) is 0 Å². The van der Waals surface area contributed by atoms with Crippen molar-refractivity contribution in [3.8, 4) is 0 Å². The van der Waals surface area contributed by atoms with Gasteiger partial charge in [0.1, 0.15) is 0 Å². The summed E-state index contributed by atoms with van der Waals surface area (Å²) in [5.74, 6) is 0. The zero-order valence-electron chi connectivity index (χ0n) is 10.2. The van der Waals surface area contributed by atoms with Gasteiger partial charge in [0.25, 0.3) is 0 Å². The van der Waals surface area contributed by atoms with Crippen molar-refractivity contribution in [2.45, 2.75) is 20.8 Å². The summed E-state index contributed by atoms with van der Waals surface area (Å²) in [7, 11) is -1.51. The highest BCUT2D eigenvalue weighted by Crippen LogP contribution is 2.18. The highest BCUT2D eigenvalue weighted by Gasteiger charge is 2.10. The van der Waals surface area contributed by atoms with Gasteiger partial charge in [-0.1, -0.05) is 37.5 Å². The van der Waals surface area contributed by atoms with Gasteiger partial charge in [-0.2, -0.15) is 0 Å². The molecule has 0 spiro atoms. The van der Waals surface area contributed by atoms with E-state index in [1.54, 1.807) is 12.2 Å². The first-order chi connectivity index (χ1) is 7.43. The van der Waals surface area contributed by atoms with Crippen LogP contribution >= 0.6 is 0 Å². The Morgan fingerprint density at radius 3 is 2.19 bits per heavy atom. The van der Waals surface area contributed by atoms with Crippen LogP contribution in [0.5, 0.6) is 0 Å². The van der Waals surface area contributed by atoms with Crippen molar-refractivity contribution in [3.05, 3.63) is 59.7 Å². The quantitative estimate of drug-likeness (QED) is 0.550. The van der Waals surface area contributed by atoms with Crippen molar-refractivity contribution >= 4 is 7.12 Å². The Bertz CT molecular complexity index is 360. The van der Waals surface area contributed by atoms with E-state index in [-0.39, 0.29) is 5.47 Å². The maximum absolute atomic E-state index is 8.92. The fourth-order valence-corrected chi connectivity index (χ4v) is 1.40. The molecule has 0 radical (unpaired) electrons. The summed E-state index contributed by atoms with van der Waals surface area (Å²) in [6, 6.07) is 0. The third-order valence-electron chi connectivity index (χ3n) is 2.20. The lowest BCUT2D eigenvalue weighted by molar-refractivity contribution is 0.421. The zero-order valence-corrected chi connectivity index (χ0v) is 10.2. The fraction of sp³-hybridized carbons (Fsp3) is 0.231. The van der Waals surface area contributed by atoms with Gasteiger partial charge in [0.05, 0.1) is 0 Å². The predicted molar refractivity (Wildman–Crippen MR) is 70.8 cm³/mol. The molecule has 0 aliphatic carbocycles. The van der Waals surface area contributed by atoms with Crippen LogP contribution in [0.3, 0.4) is 0 Å². The highest BCUT2D eigenvalue weighted by atomic mass is 16.4. The van der Waals surface area contributed by atoms with E-state index in [9.17, 15) is 0 Å². The molecule has 86 valence electrons. The normalized spacial score (nSPS) is 13.7. The lowest BCUT2D eigenvalue weighted by atomic mass is 9.79. The van der Waals surface area contributed by atoms with Crippen molar-refractivity contribution in [2.24, 2.45) is 0 Å². The number of hydrogen-bond donors (Lipinski definition) is 2. The Morgan fingerprint density at radius 2 is 1.81 bits per heavy atom. The third kappa shape index (κ3) is 4.47. The predicted octanol–water partition coefficient (Wildman–Crippen LogP) is 2.58. The molecular formula is C13H19BO2. The molecule has 0 saturated carbocycles. The second kappa shape index (κ2) is 7.04. The molecule has 0 aliphatic rings. The van der Waals surface area contributed by atoms with Gasteiger partial charge in [-0.05, 0) is 43.0 Å². The first-order valence-electron chi connectivity index (χ1n) is 5.13. The molecule has 0 saturated heterocycles. The smallest absolute Gasteiger partial charge is 0.423 e. The molecule has 2 nitrogen and oxygen atoms in total. The van der Waals surface area contributed by atoms with Crippen LogP contribution in [0.25, 0.3) is 0 Å². The van der Waals surface area contributed by atoms with Gasteiger partial charge in [0.15, 0.2) is 0 Å². The average Bonchev–Trinajstić information content (AvgIpc) is 2.18. The van der Waals surface area contributed by atoms with Gasteiger partial charge in [-0.15, -0.1) is 0 Å². The van der Waals surface area contributed by atoms with Crippen molar-refractivity contribution in [3.63, 3.8) is 0 Å². The van der Waals surface area contributed by atoms with Crippen LogP contribution in [0, 0.1) is 0 Å². The summed E-state index contributed by atoms with van der Waals surface area (Å²) >= 11 is 0. The van der Waals surface area contributed by atoms with Gasteiger partial charge < -0.3 is 10.0 Å². The number of hydrogen-bond acceptors (Lipinski definition) is 2. The lowest BCUT2D eigenvalue weighted by Crippen LogP contribution is -2.13. The van der Waals surface area contributed by atoms with E-state index in [1.165, 1.54) is 0 Å². The summed E-state index contributed by atoms with van der Waals surface area (Å²) in [5.41, 5.74) is 3.22. The second-order valence-electron chi connectivity index (χ2n) is 3.58. The molecule has 0 rings (SSSR count). The Morgan fingerprint density at radius 1 is 1.25 bits per heavy atom. The van der Waals surface area contributed by atoms with Gasteiger partial charge in [-0.3, -0.25) is 0 Å². The Balaban J connectivity index is 5.22. The minimum absolute atomic E-state index is 0.269. The molecule has 0 atom stereocenters. The molecule has 0 aromatic heterocycles. The maximum atomic E-state index is 8.92. The van der Waals surface area contributed by atoms with Crippen molar-refractivity contribution in [1.82, 2.24) is 0 Å². The summed E-state index contributed by atoms with van der Waals surface area (Å²) in [4.78, 5) is 0. The molecule has 0 unspecified atom stereocenters. The minimum Gasteiger partial charge on any atom is -0.423 e. The van der Waals surface area contributed by atoms with Crippen molar-refractivity contribution in [2.75, 3.05) is 0 Å². The van der Waals surface area contributed by atoms with Gasteiger partial charge in [0.2, 0.25) is 0 Å². The molecule has 0 amide bonds. The highest BCUT2D eigenvalue weighted by molar-refractivity contribution is 6.51. The molecule has 0 aromatic rings. The Labute approximate surface area is 98.2 Å². The summed E-state index contributed by atoms with van der Waals surface area (Å²) in [6.07, 6.45) is 7.32. The molecule has 3 heteroatoms. The van der Waals surface area contributed by atoms with Gasteiger partial charge in [0, 0.05) is 0 Å². The standard InChI is InChI=1S/C13H19BO2/c1-6-8-10(3)13(7-2)11(4)9-12(5)14(15)16/h6-9,15-16H,2,5H2,1,3-4H3/b8-6-,11-9+,13-10+. The van der Waals surface area contributed by atoms with E-state index in [1.807, 2.05) is 32.9 Å². The first kappa shape index (κ1) is 14.7. The van der Waals surface area contributed by atoms with E-state index in [4.69, 9.17) is 10.0 Å². The SMILES string of the molecule is C=CC(/C(C)=C/C(=C)B(O)O)=C(C)\C=C/C. The largest absolute Gasteiger partial charge is 0.487 e. The molecule has 16 heavy (non-hydrogen) atoms. The molecule has 0 bridgehead atoms. The van der Waals surface area contributed by atoms with Crippen LogP contribution in [0.15, 0.2) is 59.7 Å². The zero-order chi connectivity index (χ0) is 12.7. The molecular weight excluding hydrogens is 199 g/mol. The van der Waals surface area contributed by atoms with Crippen LogP contribution < -0.4 is 0 Å². The van der Waals surface area contributed by atoms with Crippen LogP contribution in [0.1, 0.15) is 20.8 Å². The topological polar surface area (TPSA) is 40.5 Å². The fourth-order valence-electron chi connectivity index (χ4n) is 1.40. The number of rotatable bonds is 5. The van der Waals surface area contributed by atoms with E-state index < -0.39 is 7.12 Å². The van der Waals surface area contributed by atoms with Gasteiger partial charge in [-0.25, -0.2) is 0 Å². The molecule has 0 aromatic carbocycles. The molecule has 2 N–H and O–H groups in total. The average molecular weight is 218 g/mol. The van der Waals surface area contributed by atoms with Crippen molar-refractivity contribution < 1.29 is 10.0 Å². The van der Waals surface area contributed by atoms with Crippen LogP contribution in [-0.4, -0.2) is 17.2 Å². The van der Waals surface area contributed by atoms with Crippen molar-refractivity contribution in [1.29, 1.82) is 0 Å². The van der Waals surface area contributed by atoms with Crippen LogP contribution in [-0.2, 0) is 0 Å². The summed E-state index contributed by atoms with van der Waals surface area (Å²) in [5, 5.41) is 17.8. The van der Waals surface area contributed by atoms with Crippen LogP contribution in [0.2, 0.25) is 0 Å². The molecule has 0 heterocycles. The van der Waals surface area contributed by atoms with E-state index in [0.29, 0.717) is 0 Å². The molecule has 0 aliphatic heterocycles. The van der Waals surface area contributed by atoms with E-state index >= 15 is 0 Å². The Kier molecular flexibility index (Phi) is 6.46. The van der Waals surface area contributed by atoms with E-state index in [0.717, 1.165) is 16.7 Å². The lowest BCUT2D eigenvalue weighted by Gasteiger charge is -2.07. The van der Waals surface area contributed by atoms with Gasteiger partial charge >= 0.3 is 7.12 Å². The molecule has 0 fully saturated rings. The monoisotopic (exact) mass is 218 g/mol. The summed E-state index contributed by atoms with van der Waals surface area (Å²) < 4.78 is 0. The number of allylic oxidation sites excluding steroid dienone is 8. The third-order valence-corrected chi connectivity index (χ3v) is 2.20. The maximum Gasteiger partial charge on any atom is 0.487 e.